The van der Waals surface area contributed by atoms with Crippen LogP contribution in [0.15, 0.2) is 79.5 Å². The number of hydrogen-bond donors (Lipinski definition) is 1. The highest BCUT2D eigenvalue weighted by Gasteiger charge is 2.42. The van der Waals surface area contributed by atoms with Crippen LogP contribution in [0.25, 0.3) is 11.1 Å². The van der Waals surface area contributed by atoms with E-state index < -0.39 is 5.60 Å². The summed E-state index contributed by atoms with van der Waals surface area (Å²) in [4.78, 5) is 18.9. The maximum Gasteiger partial charge on any atom is 0.411 e. The van der Waals surface area contributed by atoms with Gasteiger partial charge in [0.15, 0.2) is 0 Å². The number of cyclic esters (lactones) is 1. The number of nitrogen functional groups attached to an aromatic ring is 1. The van der Waals surface area contributed by atoms with E-state index in [1.165, 1.54) is 12.1 Å². The predicted molar refractivity (Wildman–Crippen MR) is 123 cm³/mol. The fraction of sp³-hybridized carbons (Fsp3) is 0.231. The standard InChI is InChI=1S/C26H26FN3O2/c1-3-14-26(22-9-11-23(27)12-10-22)15-16-30(25(31)32-26)18(2)19-4-6-20(7-5-19)21-8-13-24(28)29-17-21/h3-13,17-18H,1,14-16H2,2H3,(H2,28,29). The second-order valence-corrected chi connectivity index (χ2v) is 8.08. The number of hydrogen-bond acceptors (Lipinski definition) is 4. The summed E-state index contributed by atoms with van der Waals surface area (Å²) in [6.45, 7) is 6.33. The Kier molecular flexibility index (Phi) is 5.95. The van der Waals surface area contributed by atoms with Crippen LogP contribution in [0.1, 0.15) is 36.9 Å². The van der Waals surface area contributed by atoms with E-state index in [0.717, 1.165) is 22.3 Å². The number of ether oxygens (including phenoxy) is 1. The molecule has 2 heterocycles. The minimum atomic E-state index is -0.825. The Morgan fingerprint density at radius 1 is 1.16 bits per heavy atom. The van der Waals surface area contributed by atoms with Crippen molar-refractivity contribution in [2.45, 2.75) is 31.4 Å². The molecule has 3 aromatic rings. The molecular formula is C26H26FN3O2. The molecule has 1 fully saturated rings. The molecule has 5 nitrogen and oxygen atoms in total. The first-order chi connectivity index (χ1) is 15.4. The molecule has 0 bridgehead atoms. The van der Waals surface area contributed by atoms with Gasteiger partial charge in [0.2, 0.25) is 0 Å². The maximum absolute atomic E-state index is 13.4. The minimum absolute atomic E-state index is 0.156. The molecule has 6 heteroatoms. The second-order valence-electron chi connectivity index (χ2n) is 8.08. The zero-order chi connectivity index (χ0) is 22.7. The van der Waals surface area contributed by atoms with Crippen LogP contribution in [-0.4, -0.2) is 22.5 Å². The van der Waals surface area contributed by atoms with E-state index >= 15 is 0 Å². The lowest BCUT2D eigenvalue weighted by Gasteiger charge is -2.43. The Balaban J connectivity index is 1.51. The van der Waals surface area contributed by atoms with Crippen molar-refractivity contribution in [1.82, 2.24) is 9.88 Å². The normalized spacial score (nSPS) is 19.3. The lowest BCUT2D eigenvalue weighted by atomic mass is 9.85. The fourth-order valence-corrected chi connectivity index (χ4v) is 4.18. The number of carbonyl (C=O) groups is 1. The van der Waals surface area contributed by atoms with Gasteiger partial charge in [-0.2, -0.15) is 0 Å². The molecule has 2 N–H and O–H groups in total. The summed E-state index contributed by atoms with van der Waals surface area (Å²) in [7, 11) is 0. The number of pyridine rings is 1. The van der Waals surface area contributed by atoms with Crippen LogP contribution in [0, 0.1) is 5.82 Å². The molecule has 2 atom stereocenters. The van der Waals surface area contributed by atoms with Crippen LogP contribution in [0.3, 0.4) is 0 Å². The number of nitrogens with zero attached hydrogens (tertiary/aromatic N) is 2. The smallest absolute Gasteiger partial charge is 0.411 e. The largest absolute Gasteiger partial charge is 0.437 e. The van der Waals surface area contributed by atoms with E-state index in [4.69, 9.17) is 10.5 Å². The van der Waals surface area contributed by atoms with E-state index in [9.17, 15) is 9.18 Å². The quantitative estimate of drug-likeness (QED) is 0.498. The van der Waals surface area contributed by atoms with Gasteiger partial charge in [-0.15, -0.1) is 6.58 Å². The minimum Gasteiger partial charge on any atom is -0.437 e. The van der Waals surface area contributed by atoms with Gasteiger partial charge in [-0.3, -0.25) is 0 Å². The number of anilines is 1. The van der Waals surface area contributed by atoms with E-state index in [-0.39, 0.29) is 18.0 Å². The van der Waals surface area contributed by atoms with Crippen molar-refractivity contribution >= 4 is 11.9 Å². The molecule has 0 radical (unpaired) electrons. The van der Waals surface area contributed by atoms with E-state index in [1.807, 2.05) is 37.3 Å². The molecule has 1 amide bonds. The zero-order valence-electron chi connectivity index (χ0n) is 18.0. The Morgan fingerprint density at radius 3 is 2.44 bits per heavy atom. The third-order valence-electron chi connectivity index (χ3n) is 6.10. The third-order valence-corrected chi connectivity index (χ3v) is 6.10. The van der Waals surface area contributed by atoms with Gasteiger partial charge in [0.1, 0.15) is 17.2 Å². The summed E-state index contributed by atoms with van der Waals surface area (Å²) in [5.41, 5.74) is 8.62. The number of benzene rings is 2. The molecule has 32 heavy (non-hydrogen) atoms. The monoisotopic (exact) mass is 431 g/mol. The van der Waals surface area contributed by atoms with Crippen LogP contribution >= 0.6 is 0 Å². The molecule has 1 aliphatic heterocycles. The SMILES string of the molecule is C=CCC1(c2ccc(F)cc2)CCN(C(C)c2ccc(-c3ccc(N)nc3)cc2)C(=O)O1. The summed E-state index contributed by atoms with van der Waals surface area (Å²) in [6, 6.07) is 17.7. The maximum atomic E-state index is 13.4. The number of amides is 1. The van der Waals surface area contributed by atoms with E-state index in [1.54, 1.807) is 35.4 Å². The molecule has 2 aromatic carbocycles. The van der Waals surface area contributed by atoms with E-state index in [2.05, 4.69) is 11.6 Å². The van der Waals surface area contributed by atoms with Crippen molar-refractivity contribution in [2.24, 2.45) is 0 Å². The Labute approximate surface area is 187 Å². The molecule has 0 spiro atoms. The van der Waals surface area contributed by atoms with Gasteiger partial charge in [0.25, 0.3) is 0 Å². The first kappa shape index (κ1) is 21.6. The molecule has 164 valence electrons. The Morgan fingerprint density at radius 2 is 1.84 bits per heavy atom. The predicted octanol–water partition coefficient (Wildman–Crippen LogP) is 5.84. The Hall–Kier alpha value is -3.67. The number of carbonyl (C=O) groups excluding carboxylic acids is 1. The van der Waals surface area contributed by atoms with Gasteiger partial charge >= 0.3 is 6.09 Å². The summed E-state index contributed by atoms with van der Waals surface area (Å²) in [5.74, 6) is 0.161. The summed E-state index contributed by atoms with van der Waals surface area (Å²) in [5, 5.41) is 0. The van der Waals surface area contributed by atoms with Gasteiger partial charge < -0.3 is 15.4 Å². The summed E-state index contributed by atoms with van der Waals surface area (Å²) in [6.07, 6.45) is 4.15. The molecule has 1 saturated heterocycles. The van der Waals surface area contributed by atoms with E-state index in [0.29, 0.717) is 25.2 Å². The van der Waals surface area contributed by atoms with Gasteiger partial charge in [0, 0.05) is 31.1 Å². The lowest BCUT2D eigenvalue weighted by molar-refractivity contribution is -0.0588. The van der Waals surface area contributed by atoms with Crippen LogP contribution in [0.2, 0.25) is 0 Å². The first-order valence-electron chi connectivity index (χ1n) is 10.6. The van der Waals surface area contributed by atoms with Crippen molar-refractivity contribution < 1.29 is 13.9 Å². The fourth-order valence-electron chi connectivity index (χ4n) is 4.18. The highest BCUT2D eigenvalue weighted by Crippen LogP contribution is 2.40. The van der Waals surface area contributed by atoms with Crippen LogP contribution < -0.4 is 5.73 Å². The van der Waals surface area contributed by atoms with Crippen molar-refractivity contribution in [1.29, 1.82) is 0 Å². The van der Waals surface area contributed by atoms with Crippen LogP contribution in [0.5, 0.6) is 0 Å². The van der Waals surface area contributed by atoms with Gasteiger partial charge in [-0.05, 0) is 47.9 Å². The van der Waals surface area contributed by atoms with Crippen molar-refractivity contribution in [2.75, 3.05) is 12.3 Å². The topological polar surface area (TPSA) is 68.5 Å². The molecule has 1 aromatic heterocycles. The summed E-state index contributed by atoms with van der Waals surface area (Å²) >= 11 is 0. The highest BCUT2D eigenvalue weighted by molar-refractivity contribution is 5.70. The number of aromatic nitrogens is 1. The van der Waals surface area contributed by atoms with Crippen LogP contribution in [-0.2, 0) is 10.3 Å². The van der Waals surface area contributed by atoms with Crippen LogP contribution in [0.4, 0.5) is 15.0 Å². The first-order valence-corrected chi connectivity index (χ1v) is 10.6. The molecule has 4 rings (SSSR count). The average molecular weight is 432 g/mol. The summed E-state index contributed by atoms with van der Waals surface area (Å²) < 4.78 is 19.4. The van der Waals surface area contributed by atoms with Crippen molar-refractivity contribution in [3.63, 3.8) is 0 Å². The number of rotatable bonds is 6. The average Bonchev–Trinajstić information content (AvgIpc) is 2.80. The molecule has 0 saturated carbocycles. The molecule has 0 aliphatic carbocycles. The van der Waals surface area contributed by atoms with Crippen molar-refractivity contribution in [3.05, 3.63) is 96.5 Å². The molecule has 1 aliphatic rings. The van der Waals surface area contributed by atoms with Gasteiger partial charge in [0.05, 0.1) is 6.04 Å². The van der Waals surface area contributed by atoms with Gasteiger partial charge in [-0.25, -0.2) is 14.2 Å². The lowest BCUT2D eigenvalue weighted by Crippen LogP contribution is -2.48. The van der Waals surface area contributed by atoms with Crippen molar-refractivity contribution in [3.8, 4) is 11.1 Å². The zero-order valence-corrected chi connectivity index (χ0v) is 18.0. The van der Waals surface area contributed by atoms with Gasteiger partial charge in [-0.1, -0.05) is 42.5 Å². The number of halogens is 1. The number of nitrogens with two attached hydrogens (primary N) is 1. The third kappa shape index (κ3) is 4.21. The highest BCUT2D eigenvalue weighted by atomic mass is 19.1. The Bertz CT molecular complexity index is 1100. The molecule has 2 unspecified atom stereocenters. The molecular weight excluding hydrogens is 405 g/mol. The second kappa shape index (κ2) is 8.83.